The van der Waals surface area contributed by atoms with Gasteiger partial charge in [-0.2, -0.15) is 13.2 Å². The molecule has 3 N–H and O–H groups in total. The van der Waals surface area contributed by atoms with Crippen LogP contribution < -0.4 is 5.73 Å². The summed E-state index contributed by atoms with van der Waals surface area (Å²) in [4.78, 5) is 0. The standard InChI is InChI=1S/C8H11F3N2O/c9-8(10,11)4-14-7-2-1-5(7)6(13)3-12/h2,5,13H,1,3-4,12H2. The second-order valence-corrected chi connectivity index (χ2v) is 3.03. The minimum atomic E-state index is -4.33. The molecule has 14 heavy (non-hydrogen) atoms. The van der Waals surface area contributed by atoms with Crippen LogP contribution in [-0.2, 0) is 4.74 Å². The van der Waals surface area contributed by atoms with Crippen LogP contribution in [0, 0.1) is 11.3 Å². The first-order valence-corrected chi connectivity index (χ1v) is 4.11. The van der Waals surface area contributed by atoms with Crippen molar-refractivity contribution in [1.29, 1.82) is 5.41 Å². The van der Waals surface area contributed by atoms with Crippen LogP contribution in [-0.4, -0.2) is 25.0 Å². The van der Waals surface area contributed by atoms with Crippen molar-refractivity contribution in [3.8, 4) is 0 Å². The molecule has 0 aromatic carbocycles. The smallest absolute Gasteiger partial charge is 0.422 e. The zero-order valence-electron chi connectivity index (χ0n) is 7.40. The van der Waals surface area contributed by atoms with E-state index in [1.807, 2.05) is 0 Å². The van der Waals surface area contributed by atoms with Crippen LogP contribution in [0.5, 0.6) is 0 Å². The molecule has 1 unspecified atom stereocenters. The Morgan fingerprint density at radius 2 is 2.29 bits per heavy atom. The van der Waals surface area contributed by atoms with Crippen molar-refractivity contribution in [1.82, 2.24) is 0 Å². The van der Waals surface area contributed by atoms with E-state index in [0.29, 0.717) is 6.42 Å². The molecule has 3 nitrogen and oxygen atoms in total. The fraction of sp³-hybridized carbons (Fsp3) is 0.625. The minimum absolute atomic E-state index is 0.0530. The Balaban J connectivity index is 2.38. The Hall–Kier alpha value is -1.04. The predicted molar refractivity (Wildman–Crippen MR) is 45.0 cm³/mol. The molecule has 0 radical (unpaired) electrons. The predicted octanol–water partition coefficient (Wildman–Crippen LogP) is 1.45. The van der Waals surface area contributed by atoms with Gasteiger partial charge in [0.25, 0.3) is 0 Å². The highest BCUT2D eigenvalue weighted by Crippen LogP contribution is 2.30. The molecule has 1 atom stereocenters. The van der Waals surface area contributed by atoms with Gasteiger partial charge in [0.15, 0.2) is 6.61 Å². The van der Waals surface area contributed by atoms with Crippen molar-refractivity contribution in [2.24, 2.45) is 11.7 Å². The topological polar surface area (TPSA) is 59.1 Å². The van der Waals surface area contributed by atoms with E-state index in [9.17, 15) is 13.2 Å². The van der Waals surface area contributed by atoms with Gasteiger partial charge in [0.05, 0.1) is 5.92 Å². The van der Waals surface area contributed by atoms with Crippen LogP contribution in [0.2, 0.25) is 0 Å². The molecule has 0 aromatic heterocycles. The Kier molecular flexibility index (Phi) is 3.15. The van der Waals surface area contributed by atoms with Crippen LogP contribution in [0.15, 0.2) is 11.8 Å². The summed E-state index contributed by atoms with van der Waals surface area (Å²) in [5, 5.41) is 7.33. The van der Waals surface area contributed by atoms with Gasteiger partial charge in [-0.15, -0.1) is 0 Å². The molecule has 0 saturated carbocycles. The third-order valence-corrected chi connectivity index (χ3v) is 1.94. The first kappa shape index (κ1) is 11.0. The number of ether oxygens (including phenoxy) is 1. The highest BCUT2D eigenvalue weighted by Gasteiger charge is 2.33. The van der Waals surface area contributed by atoms with Gasteiger partial charge in [0.1, 0.15) is 5.76 Å². The fourth-order valence-corrected chi connectivity index (χ4v) is 1.11. The summed E-state index contributed by atoms with van der Waals surface area (Å²) in [5.41, 5.74) is 5.41. The highest BCUT2D eigenvalue weighted by molar-refractivity contribution is 5.88. The Morgan fingerprint density at radius 3 is 2.64 bits per heavy atom. The lowest BCUT2D eigenvalue weighted by atomic mass is 9.87. The van der Waals surface area contributed by atoms with Crippen LogP contribution >= 0.6 is 0 Å². The number of nitrogens with two attached hydrogens (primary N) is 1. The quantitative estimate of drug-likeness (QED) is 0.687. The van der Waals surface area contributed by atoms with Crippen molar-refractivity contribution >= 4 is 5.71 Å². The molecule has 6 heteroatoms. The van der Waals surface area contributed by atoms with E-state index in [2.05, 4.69) is 4.74 Å². The molecule has 0 saturated heterocycles. The first-order valence-electron chi connectivity index (χ1n) is 4.11. The van der Waals surface area contributed by atoms with Crippen molar-refractivity contribution in [3.05, 3.63) is 11.8 Å². The molecule has 1 rings (SSSR count). The number of hydrogen-bond donors (Lipinski definition) is 2. The monoisotopic (exact) mass is 208 g/mol. The average molecular weight is 208 g/mol. The molecular formula is C8H11F3N2O. The lowest BCUT2D eigenvalue weighted by Crippen LogP contribution is -2.31. The molecule has 0 amide bonds. The first-order chi connectivity index (χ1) is 6.44. The SMILES string of the molecule is N=C(CN)C1CC=C1OCC(F)(F)F. The zero-order chi connectivity index (χ0) is 10.8. The number of allylic oxidation sites excluding steroid dienone is 2. The van der Waals surface area contributed by atoms with Gasteiger partial charge < -0.3 is 15.9 Å². The second-order valence-electron chi connectivity index (χ2n) is 3.03. The van der Waals surface area contributed by atoms with E-state index in [4.69, 9.17) is 11.1 Å². The number of hydrogen-bond acceptors (Lipinski definition) is 3. The maximum Gasteiger partial charge on any atom is 0.422 e. The number of halogens is 3. The van der Waals surface area contributed by atoms with Crippen LogP contribution in [0.3, 0.4) is 0 Å². The molecule has 0 heterocycles. The largest absolute Gasteiger partial charge is 0.488 e. The maximum atomic E-state index is 11.8. The highest BCUT2D eigenvalue weighted by atomic mass is 19.4. The number of nitrogens with one attached hydrogen (secondary N) is 1. The number of alkyl halides is 3. The summed E-state index contributed by atoms with van der Waals surface area (Å²) in [6.07, 6.45) is -2.24. The van der Waals surface area contributed by atoms with Crippen molar-refractivity contribution in [2.75, 3.05) is 13.2 Å². The Labute approximate surface area is 79.2 Å². The molecule has 0 aromatic rings. The third kappa shape index (κ3) is 2.73. The van der Waals surface area contributed by atoms with E-state index in [0.717, 1.165) is 0 Å². The van der Waals surface area contributed by atoms with Gasteiger partial charge in [-0.1, -0.05) is 0 Å². The van der Waals surface area contributed by atoms with Crippen LogP contribution in [0.1, 0.15) is 6.42 Å². The molecule has 0 spiro atoms. The normalized spacial score (nSPS) is 21.1. The van der Waals surface area contributed by atoms with E-state index >= 15 is 0 Å². The molecule has 0 fully saturated rings. The van der Waals surface area contributed by atoms with Gasteiger partial charge >= 0.3 is 6.18 Å². The van der Waals surface area contributed by atoms with E-state index < -0.39 is 12.8 Å². The van der Waals surface area contributed by atoms with Crippen molar-refractivity contribution in [2.45, 2.75) is 12.6 Å². The van der Waals surface area contributed by atoms with Crippen molar-refractivity contribution < 1.29 is 17.9 Å². The third-order valence-electron chi connectivity index (χ3n) is 1.94. The van der Waals surface area contributed by atoms with E-state index in [1.165, 1.54) is 0 Å². The Morgan fingerprint density at radius 1 is 1.64 bits per heavy atom. The summed E-state index contributed by atoms with van der Waals surface area (Å²) in [5.74, 6) is -0.125. The van der Waals surface area contributed by atoms with Crippen LogP contribution in [0.4, 0.5) is 13.2 Å². The summed E-state index contributed by atoms with van der Waals surface area (Å²) in [6.45, 7) is -1.25. The van der Waals surface area contributed by atoms with E-state index in [1.54, 1.807) is 6.08 Å². The van der Waals surface area contributed by atoms with Gasteiger partial charge in [0, 0.05) is 12.3 Å². The van der Waals surface area contributed by atoms with Crippen LogP contribution in [0.25, 0.3) is 0 Å². The molecule has 1 aliphatic rings. The number of rotatable bonds is 4. The Bertz CT molecular complexity index is 260. The van der Waals surface area contributed by atoms with Crippen molar-refractivity contribution in [3.63, 3.8) is 0 Å². The van der Waals surface area contributed by atoms with Gasteiger partial charge in [0.2, 0.25) is 0 Å². The summed E-state index contributed by atoms with van der Waals surface area (Å²) < 4.78 is 39.8. The molecular weight excluding hydrogens is 197 g/mol. The molecule has 80 valence electrons. The summed E-state index contributed by atoms with van der Waals surface area (Å²) in [7, 11) is 0. The molecule has 0 aliphatic heterocycles. The summed E-state index contributed by atoms with van der Waals surface area (Å²) in [6, 6.07) is 0. The van der Waals surface area contributed by atoms with E-state index in [-0.39, 0.29) is 23.9 Å². The summed E-state index contributed by atoms with van der Waals surface area (Å²) >= 11 is 0. The average Bonchev–Trinajstić information content (AvgIpc) is 2.00. The lowest BCUT2D eigenvalue weighted by molar-refractivity contribution is -0.167. The minimum Gasteiger partial charge on any atom is -0.488 e. The molecule has 1 aliphatic carbocycles. The van der Waals surface area contributed by atoms with Gasteiger partial charge in [-0.25, -0.2) is 0 Å². The molecule has 0 bridgehead atoms. The second kappa shape index (κ2) is 4.00. The zero-order valence-corrected chi connectivity index (χ0v) is 7.40. The van der Waals surface area contributed by atoms with Gasteiger partial charge in [-0.3, -0.25) is 0 Å². The van der Waals surface area contributed by atoms with Gasteiger partial charge in [-0.05, 0) is 12.5 Å². The lowest BCUT2D eigenvalue weighted by Gasteiger charge is -2.27. The maximum absolute atomic E-state index is 11.8. The fourth-order valence-electron chi connectivity index (χ4n) is 1.11.